The number of halogens is 1. The fourth-order valence-electron chi connectivity index (χ4n) is 2.38. The first kappa shape index (κ1) is 12.0. The molecule has 1 aliphatic heterocycles. The Labute approximate surface area is 114 Å². The summed E-state index contributed by atoms with van der Waals surface area (Å²) in [5.41, 5.74) is 1.47. The van der Waals surface area contributed by atoms with Crippen LogP contribution in [0.1, 0.15) is 28.6 Å². The zero-order valence-corrected chi connectivity index (χ0v) is 11.6. The molecule has 0 aliphatic carbocycles. The molecule has 0 bridgehead atoms. The molecule has 5 heteroatoms. The second kappa shape index (κ2) is 3.95. The van der Waals surface area contributed by atoms with Crippen LogP contribution in [-0.4, -0.2) is 10.1 Å². The van der Waals surface area contributed by atoms with Crippen molar-refractivity contribution < 1.29 is 9.84 Å². The predicted molar refractivity (Wildman–Crippen MR) is 71.2 cm³/mol. The standard InChI is InChI=1S/C13H12ClNO2S/c1-7-11(16)8-6-17-13(2,9-4-3-5-18-9)10(8)12(14)15-7/h3-5,16H,6H2,1-2H3. The molecule has 94 valence electrons. The van der Waals surface area contributed by atoms with Crippen LogP contribution < -0.4 is 0 Å². The van der Waals surface area contributed by atoms with Crippen LogP contribution in [0.25, 0.3) is 0 Å². The summed E-state index contributed by atoms with van der Waals surface area (Å²) in [5, 5.41) is 12.5. The maximum absolute atomic E-state index is 10.1. The molecule has 3 rings (SSSR count). The van der Waals surface area contributed by atoms with Gasteiger partial charge in [-0.2, -0.15) is 0 Å². The molecule has 2 aromatic rings. The minimum atomic E-state index is -0.612. The van der Waals surface area contributed by atoms with Gasteiger partial charge in [0.15, 0.2) is 0 Å². The molecule has 1 atom stereocenters. The lowest BCUT2D eigenvalue weighted by atomic mass is 9.93. The van der Waals surface area contributed by atoms with Crippen LogP contribution in [0.5, 0.6) is 5.75 Å². The highest BCUT2D eigenvalue weighted by Gasteiger charge is 2.42. The number of fused-ring (bicyclic) bond motifs is 1. The lowest BCUT2D eigenvalue weighted by molar-refractivity contribution is 0.0121. The number of ether oxygens (including phenoxy) is 1. The van der Waals surface area contributed by atoms with Gasteiger partial charge in [0.25, 0.3) is 0 Å². The van der Waals surface area contributed by atoms with E-state index >= 15 is 0 Å². The lowest BCUT2D eigenvalue weighted by Crippen LogP contribution is -2.21. The predicted octanol–water partition coefficient (Wildman–Crippen LogP) is 3.60. The third kappa shape index (κ3) is 1.49. The summed E-state index contributed by atoms with van der Waals surface area (Å²) in [4.78, 5) is 5.25. The van der Waals surface area contributed by atoms with E-state index in [0.29, 0.717) is 17.5 Å². The van der Waals surface area contributed by atoms with E-state index in [2.05, 4.69) is 4.98 Å². The summed E-state index contributed by atoms with van der Waals surface area (Å²) in [6.07, 6.45) is 0. The Hall–Kier alpha value is -1.10. The molecular formula is C13H12ClNO2S. The van der Waals surface area contributed by atoms with Crippen molar-refractivity contribution in [2.45, 2.75) is 26.1 Å². The molecule has 2 aromatic heterocycles. The first-order valence-corrected chi connectivity index (χ1v) is 6.86. The Kier molecular flexibility index (Phi) is 2.62. The molecular weight excluding hydrogens is 270 g/mol. The van der Waals surface area contributed by atoms with E-state index in [1.165, 1.54) is 0 Å². The first-order valence-electron chi connectivity index (χ1n) is 5.60. The van der Waals surface area contributed by atoms with E-state index in [1.54, 1.807) is 18.3 Å². The number of hydrogen-bond donors (Lipinski definition) is 1. The largest absolute Gasteiger partial charge is 0.506 e. The van der Waals surface area contributed by atoms with Crippen LogP contribution in [0.2, 0.25) is 5.15 Å². The number of aryl methyl sites for hydroxylation is 1. The molecule has 0 saturated heterocycles. The second-order valence-corrected chi connectivity index (χ2v) is 5.80. The highest BCUT2D eigenvalue weighted by atomic mass is 35.5. The summed E-state index contributed by atoms with van der Waals surface area (Å²) in [6, 6.07) is 3.98. The lowest BCUT2D eigenvalue weighted by Gasteiger charge is -2.24. The minimum absolute atomic E-state index is 0.190. The molecule has 0 aromatic carbocycles. The van der Waals surface area contributed by atoms with Crippen molar-refractivity contribution >= 4 is 22.9 Å². The fourth-order valence-corrected chi connectivity index (χ4v) is 3.64. The van der Waals surface area contributed by atoms with Crippen LogP contribution in [0.15, 0.2) is 17.5 Å². The number of rotatable bonds is 1. The Morgan fingerprint density at radius 3 is 3.00 bits per heavy atom. The van der Waals surface area contributed by atoms with Gasteiger partial charge in [-0.3, -0.25) is 0 Å². The monoisotopic (exact) mass is 281 g/mol. The van der Waals surface area contributed by atoms with Gasteiger partial charge in [0.1, 0.15) is 16.5 Å². The summed E-state index contributed by atoms with van der Waals surface area (Å²) in [5.74, 6) is 0.190. The molecule has 1 N–H and O–H groups in total. The van der Waals surface area contributed by atoms with Crippen molar-refractivity contribution in [2.75, 3.05) is 0 Å². The van der Waals surface area contributed by atoms with Gasteiger partial charge >= 0.3 is 0 Å². The molecule has 0 spiro atoms. The van der Waals surface area contributed by atoms with E-state index in [-0.39, 0.29) is 5.75 Å². The number of aromatic hydroxyl groups is 1. The molecule has 1 unspecified atom stereocenters. The average molecular weight is 282 g/mol. The number of pyridine rings is 1. The van der Waals surface area contributed by atoms with Gasteiger partial charge in [-0.05, 0) is 25.3 Å². The number of hydrogen-bond acceptors (Lipinski definition) is 4. The maximum Gasteiger partial charge on any atom is 0.142 e. The second-order valence-electron chi connectivity index (χ2n) is 4.49. The van der Waals surface area contributed by atoms with Crippen LogP contribution in [0, 0.1) is 6.92 Å². The summed E-state index contributed by atoms with van der Waals surface area (Å²) in [6.45, 7) is 4.06. The third-order valence-electron chi connectivity index (χ3n) is 3.38. The van der Waals surface area contributed by atoms with Crippen LogP contribution in [0.4, 0.5) is 0 Å². The SMILES string of the molecule is Cc1nc(Cl)c2c(c1O)COC2(C)c1cccs1. The van der Waals surface area contributed by atoms with E-state index in [1.807, 2.05) is 24.4 Å². The number of nitrogens with zero attached hydrogens (tertiary/aromatic N) is 1. The molecule has 1 aliphatic rings. The van der Waals surface area contributed by atoms with Crippen molar-refractivity contribution in [1.82, 2.24) is 4.98 Å². The Morgan fingerprint density at radius 2 is 2.33 bits per heavy atom. The van der Waals surface area contributed by atoms with Gasteiger partial charge in [0, 0.05) is 16.0 Å². The van der Waals surface area contributed by atoms with Crippen molar-refractivity contribution in [1.29, 1.82) is 0 Å². The zero-order chi connectivity index (χ0) is 12.9. The minimum Gasteiger partial charge on any atom is -0.506 e. The molecule has 0 saturated carbocycles. The molecule has 3 nitrogen and oxygen atoms in total. The molecule has 0 radical (unpaired) electrons. The van der Waals surface area contributed by atoms with E-state index in [9.17, 15) is 5.11 Å². The van der Waals surface area contributed by atoms with Crippen molar-refractivity contribution in [3.05, 3.63) is 44.4 Å². The van der Waals surface area contributed by atoms with Crippen molar-refractivity contribution in [3.63, 3.8) is 0 Å². The molecule has 0 fully saturated rings. The quantitative estimate of drug-likeness (QED) is 0.812. The first-order chi connectivity index (χ1) is 8.54. The normalized spacial score (nSPS) is 22.2. The van der Waals surface area contributed by atoms with Gasteiger partial charge in [0.05, 0.1) is 12.3 Å². The summed E-state index contributed by atoms with van der Waals surface area (Å²) < 4.78 is 5.90. The Morgan fingerprint density at radius 1 is 1.56 bits per heavy atom. The maximum atomic E-state index is 10.1. The molecule has 0 amide bonds. The molecule has 18 heavy (non-hydrogen) atoms. The van der Waals surface area contributed by atoms with E-state index in [4.69, 9.17) is 16.3 Å². The number of thiophene rings is 1. The smallest absolute Gasteiger partial charge is 0.142 e. The van der Waals surface area contributed by atoms with E-state index < -0.39 is 5.60 Å². The topological polar surface area (TPSA) is 42.4 Å². The van der Waals surface area contributed by atoms with Crippen molar-refractivity contribution in [2.24, 2.45) is 0 Å². The summed E-state index contributed by atoms with van der Waals surface area (Å²) in [7, 11) is 0. The van der Waals surface area contributed by atoms with Gasteiger partial charge in [-0.25, -0.2) is 4.98 Å². The average Bonchev–Trinajstić information content (AvgIpc) is 2.94. The number of aromatic nitrogens is 1. The third-order valence-corrected chi connectivity index (χ3v) is 4.72. The summed E-state index contributed by atoms with van der Waals surface area (Å²) >= 11 is 7.86. The van der Waals surface area contributed by atoms with Crippen LogP contribution >= 0.6 is 22.9 Å². The fraction of sp³-hybridized carbons (Fsp3) is 0.308. The highest BCUT2D eigenvalue weighted by molar-refractivity contribution is 7.10. The van der Waals surface area contributed by atoms with Crippen molar-refractivity contribution in [3.8, 4) is 5.75 Å². The van der Waals surface area contributed by atoms with E-state index in [0.717, 1.165) is 16.0 Å². The Balaban J connectivity index is 2.27. The van der Waals surface area contributed by atoms with Crippen LogP contribution in [0.3, 0.4) is 0 Å². The van der Waals surface area contributed by atoms with Gasteiger partial charge in [-0.15, -0.1) is 11.3 Å². The Bertz CT molecular complexity index is 612. The van der Waals surface area contributed by atoms with Gasteiger partial charge in [-0.1, -0.05) is 17.7 Å². The highest BCUT2D eigenvalue weighted by Crippen LogP contribution is 2.48. The van der Waals surface area contributed by atoms with Gasteiger partial charge < -0.3 is 9.84 Å². The molecule has 3 heterocycles. The van der Waals surface area contributed by atoms with Gasteiger partial charge in [0.2, 0.25) is 0 Å². The van der Waals surface area contributed by atoms with Crippen LogP contribution in [-0.2, 0) is 16.9 Å². The zero-order valence-electron chi connectivity index (χ0n) is 10.0.